The van der Waals surface area contributed by atoms with Crippen LogP contribution in [0.25, 0.3) is 10.9 Å². The molecule has 1 aromatic heterocycles. The maximum absolute atomic E-state index is 10.9. The minimum atomic E-state index is 0.784. The van der Waals surface area contributed by atoms with E-state index < -0.39 is 0 Å². The summed E-state index contributed by atoms with van der Waals surface area (Å²) in [6.07, 6.45) is 4.96. The number of hydrogen-bond acceptors (Lipinski definition) is 2. The molecule has 78 valence electrons. The van der Waals surface area contributed by atoms with E-state index in [1.165, 1.54) is 0 Å². The summed E-state index contributed by atoms with van der Waals surface area (Å²) in [4.78, 5) is 10.9. The fourth-order valence-electron chi connectivity index (χ4n) is 1.74. The van der Waals surface area contributed by atoms with Gasteiger partial charge in [0.2, 0.25) is 0 Å². The molecule has 0 amide bonds. The molecule has 0 unspecified atom stereocenters. The molecular formula is C12H13NOS. The van der Waals surface area contributed by atoms with Crippen molar-refractivity contribution in [1.29, 1.82) is 0 Å². The molecule has 0 N–H and O–H groups in total. The number of aryl methyl sites for hydroxylation is 1. The summed E-state index contributed by atoms with van der Waals surface area (Å²) in [5.41, 5.74) is 1.93. The Balaban J connectivity index is 2.50. The molecule has 0 radical (unpaired) electrons. The van der Waals surface area contributed by atoms with Gasteiger partial charge in [0.1, 0.15) is 0 Å². The molecule has 0 spiro atoms. The first-order valence-electron chi connectivity index (χ1n) is 4.89. The summed E-state index contributed by atoms with van der Waals surface area (Å²) in [5, 5.41) is 1.05. The lowest BCUT2D eigenvalue weighted by Gasteiger charge is -2.02. The van der Waals surface area contributed by atoms with Crippen LogP contribution in [-0.2, 0) is 6.54 Å². The summed E-state index contributed by atoms with van der Waals surface area (Å²) < 4.78 is 2.15. The smallest absolute Gasteiger partial charge is 0.152 e. The van der Waals surface area contributed by atoms with E-state index in [2.05, 4.69) is 16.9 Å². The normalized spacial score (nSPS) is 10.7. The molecule has 0 saturated heterocycles. The third kappa shape index (κ3) is 1.92. The van der Waals surface area contributed by atoms with Crippen LogP contribution in [0.1, 0.15) is 10.4 Å². The van der Waals surface area contributed by atoms with Gasteiger partial charge in [-0.1, -0.05) is 18.2 Å². The van der Waals surface area contributed by atoms with Gasteiger partial charge in [0.25, 0.3) is 0 Å². The van der Waals surface area contributed by atoms with Gasteiger partial charge in [0.05, 0.1) is 0 Å². The maximum Gasteiger partial charge on any atom is 0.152 e. The Morgan fingerprint density at radius 2 is 2.20 bits per heavy atom. The lowest BCUT2D eigenvalue weighted by Crippen LogP contribution is -1.97. The van der Waals surface area contributed by atoms with Crippen LogP contribution in [0, 0.1) is 0 Å². The molecular weight excluding hydrogens is 206 g/mol. The quantitative estimate of drug-likeness (QED) is 0.738. The van der Waals surface area contributed by atoms with E-state index in [0.29, 0.717) is 0 Å². The van der Waals surface area contributed by atoms with Gasteiger partial charge < -0.3 is 4.57 Å². The average Bonchev–Trinajstić information content (AvgIpc) is 2.65. The molecule has 15 heavy (non-hydrogen) atoms. The highest BCUT2D eigenvalue weighted by molar-refractivity contribution is 7.98. The fraction of sp³-hybridized carbons (Fsp3) is 0.250. The summed E-state index contributed by atoms with van der Waals surface area (Å²) in [6, 6.07) is 8.03. The monoisotopic (exact) mass is 219 g/mol. The van der Waals surface area contributed by atoms with Gasteiger partial charge in [0.15, 0.2) is 6.29 Å². The van der Waals surface area contributed by atoms with E-state index in [4.69, 9.17) is 0 Å². The molecule has 2 aromatic rings. The number of carbonyl (C=O) groups excluding carboxylic acids is 1. The van der Waals surface area contributed by atoms with Crippen molar-refractivity contribution in [3.63, 3.8) is 0 Å². The third-order valence-electron chi connectivity index (χ3n) is 2.48. The SMILES string of the molecule is CSCCn1cc(C=O)c2ccccc21. The van der Waals surface area contributed by atoms with E-state index in [1.54, 1.807) is 0 Å². The Morgan fingerprint density at radius 3 is 2.93 bits per heavy atom. The van der Waals surface area contributed by atoms with E-state index >= 15 is 0 Å². The summed E-state index contributed by atoms with van der Waals surface area (Å²) in [5.74, 6) is 1.07. The molecule has 1 heterocycles. The molecule has 0 atom stereocenters. The number of nitrogens with zero attached hydrogens (tertiary/aromatic N) is 1. The van der Waals surface area contributed by atoms with Crippen molar-refractivity contribution in [2.24, 2.45) is 0 Å². The number of thioether (sulfide) groups is 1. The predicted molar refractivity (Wildman–Crippen MR) is 65.7 cm³/mol. The Labute approximate surface area is 93.3 Å². The molecule has 1 aromatic carbocycles. The number of benzene rings is 1. The zero-order valence-corrected chi connectivity index (χ0v) is 9.46. The lowest BCUT2D eigenvalue weighted by molar-refractivity contribution is 0.112. The second kappa shape index (κ2) is 4.53. The van der Waals surface area contributed by atoms with E-state index in [0.717, 1.165) is 35.1 Å². The molecule has 2 rings (SSSR count). The summed E-state index contributed by atoms with van der Waals surface area (Å²) >= 11 is 1.81. The van der Waals surface area contributed by atoms with E-state index in [1.807, 2.05) is 36.2 Å². The standard InChI is InChI=1S/C12H13NOS/c1-15-7-6-13-8-10(9-14)11-4-2-3-5-12(11)13/h2-5,8-9H,6-7H2,1H3. The molecule has 0 aliphatic carbocycles. The minimum Gasteiger partial charge on any atom is -0.346 e. The Kier molecular flexibility index (Phi) is 3.11. The van der Waals surface area contributed by atoms with Gasteiger partial charge in [-0.15, -0.1) is 0 Å². The van der Waals surface area contributed by atoms with Crippen molar-refractivity contribution in [2.45, 2.75) is 6.54 Å². The first-order valence-corrected chi connectivity index (χ1v) is 6.28. The molecule has 0 aliphatic heterocycles. The van der Waals surface area contributed by atoms with Gasteiger partial charge >= 0.3 is 0 Å². The number of aldehydes is 1. The first kappa shape index (κ1) is 10.3. The van der Waals surface area contributed by atoms with Crippen molar-refractivity contribution in [3.05, 3.63) is 36.0 Å². The van der Waals surface area contributed by atoms with Crippen LogP contribution in [0.5, 0.6) is 0 Å². The van der Waals surface area contributed by atoms with Crippen molar-refractivity contribution in [2.75, 3.05) is 12.0 Å². The average molecular weight is 219 g/mol. The number of rotatable bonds is 4. The van der Waals surface area contributed by atoms with Gasteiger partial charge in [-0.25, -0.2) is 0 Å². The van der Waals surface area contributed by atoms with Gasteiger partial charge in [-0.3, -0.25) is 4.79 Å². The van der Waals surface area contributed by atoms with Gasteiger partial charge in [0, 0.05) is 35.0 Å². The second-order valence-corrected chi connectivity index (χ2v) is 4.39. The largest absolute Gasteiger partial charge is 0.346 e. The van der Waals surface area contributed by atoms with Gasteiger partial charge in [-0.05, 0) is 12.3 Å². The Bertz CT molecular complexity index is 475. The maximum atomic E-state index is 10.9. The van der Waals surface area contributed by atoms with Crippen LogP contribution < -0.4 is 0 Å². The Hall–Kier alpha value is -1.22. The van der Waals surface area contributed by atoms with Crippen molar-refractivity contribution in [3.8, 4) is 0 Å². The predicted octanol–water partition coefficient (Wildman–Crippen LogP) is 2.82. The number of fused-ring (bicyclic) bond motifs is 1. The van der Waals surface area contributed by atoms with Crippen LogP contribution in [0.4, 0.5) is 0 Å². The second-order valence-electron chi connectivity index (χ2n) is 3.41. The molecule has 0 fully saturated rings. The highest BCUT2D eigenvalue weighted by Crippen LogP contribution is 2.20. The van der Waals surface area contributed by atoms with Gasteiger partial charge in [-0.2, -0.15) is 11.8 Å². The lowest BCUT2D eigenvalue weighted by atomic mass is 10.2. The fourth-order valence-corrected chi connectivity index (χ4v) is 2.12. The topological polar surface area (TPSA) is 22.0 Å². The minimum absolute atomic E-state index is 0.784. The van der Waals surface area contributed by atoms with Crippen LogP contribution in [0.2, 0.25) is 0 Å². The van der Waals surface area contributed by atoms with E-state index in [-0.39, 0.29) is 0 Å². The molecule has 3 heteroatoms. The summed E-state index contributed by atoms with van der Waals surface area (Å²) in [6.45, 7) is 0.954. The Morgan fingerprint density at radius 1 is 1.40 bits per heavy atom. The number of para-hydroxylation sites is 1. The molecule has 0 saturated carbocycles. The number of hydrogen-bond donors (Lipinski definition) is 0. The van der Waals surface area contributed by atoms with Crippen molar-refractivity contribution >= 4 is 29.0 Å². The van der Waals surface area contributed by atoms with Crippen LogP contribution in [-0.4, -0.2) is 22.9 Å². The number of carbonyl (C=O) groups is 1. The highest BCUT2D eigenvalue weighted by Gasteiger charge is 2.05. The van der Waals surface area contributed by atoms with Crippen LogP contribution in [0.15, 0.2) is 30.5 Å². The zero-order valence-electron chi connectivity index (χ0n) is 8.64. The zero-order chi connectivity index (χ0) is 10.7. The molecule has 0 aliphatic rings. The van der Waals surface area contributed by atoms with E-state index in [9.17, 15) is 4.79 Å². The molecule has 0 bridgehead atoms. The van der Waals surface area contributed by atoms with Crippen LogP contribution >= 0.6 is 11.8 Å². The highest BCUT2D eigenvalue weighted by atomic mass is 32.2. The van der Waals surface area contributed by atoms with Crippen molar-refractivity contribution < 1.29 is 4.79 Å². The summed E-state index contributed by atoms with van der Waals surface area (Å²) in [7, 11) is 0. The molecule has 2 nitrogen and oxygen atoms in total. The van der Waals surface area contributed by atoms with Crippen LogP contribution in [0.3, 0.4) is 0 Å². The third-order valence-corrected chi connectivity index (χ3v) is 3.07. The number of aromatic nitrogens is 1. The first-order chi connectivity index (χ1) is 7.36. The van der Waals surface area contributed by atoms with Crippen molar-refractivity contribution in [1.82, 2.24) is 4.57 Å².